The van der Waals surface area contributed by atoms with E-state index in [2.05, 4.69) is 98.2 Å². The van der Waals surface area contributed by atoms with E-state index in [-0.39, 0.29) is 0 Å². The minimum absolute atomic E-state index is 0.617. The van der Waals surface area contributed by atoms with Crippen LogP contribution in [0.5, 0.6) is 0 Å². The van der Waals surface area contributed by atoms with Crippen LogP contribution in [-0.2, 0) is 0 Å². The fourth-order valence-electron chi connectivity index (χ4n) is 6.27. The van der Waals surface area contributed by atoms with Crippen LogP contribution in [0.3, 0.4) is 0 Å². The molecule has 6 aromatic carbocycles. The van der Waals surface area contributed by atoms with Crippen LogP contribution in [0.15, 0.2) is 156 Å². The van der Waals surface area contributed by atoms with Gasteiger partial charge in [0.2, 0.25) is 5.89 Å². The normalized spacial score (nSPS) is 11.6. The molecular formula is C39H25N5O. The third kappa shape index (κ3) is 4.07. The van der Waals surface area contributed by atoms with Gasteiger partial charge in [-0.05, 0) is 48.5 Å². The minimum Gasteiger partial charge on any atom is -0.435 e. The van der Waals surface area contributed by atoms with E-state index in [4.69, 9.17) is 9.40 Å². The van der Waals surface area contributed by atoms with E-state index in [1.165, 1.54) is 0 Å². The van der Waals surface area contributed by atoms with Crippen LogP contribution in [0, 0.1) is 0 Å². The molecule has 3 heterocycles. The van der Waals surface area contributed by atoms with E-state index in [0.717, 1.165) is 72.6 Å². The number of para-hydroxylation sites is 1. The lowest BCUT2D eigenvalue weighted by Gasteiger charge is -2.14. The third-order valence-corrected chi connectivity index (χ3v) is 8.28. The molecular weight excluding hydrogens is 554 g/mol. The van der Waals surface area contributed by atoms with Crippen molar-refractivity contribution in [2.75, 3.05) is 0 Å². The molecule has 0 saturated heterocycles. The van der Waals surface area contributed by atoms with Crippen molar-refractivity contribution >= 4 is 32.9 Å². The first-order valence-corrected chi connectivity index (χ1v) is 14.9. The summed E-state index contributed by atoms with van der Waals surface area (Å²) in [5.41, 5.74) is 8.69. The van der Waals surface area contributed by atoms with E-state index in [1.807, 2.05) is 72.8 Å². The molecule has 6 heteroatoms. The minimum atomic E-state index is 0.617. The fraction of sp³-hybridized carbons (Fsp3) is 0. The zero-order chi connectivity index (χ0) is 29.7. The third-order valence-electron chi connectivity index (χ3n) is 8.28. The quantitative estimate of drug-likeness (QED) is 0.204. The van der Waals surface area contributed by atoms with Crippen molar-refractivity contribution in [2.45, 2.75) is 0 Å². The van der Waals surface area contributed by atoms with Crippen molar-refractivity contribution in [3.63, 3.8) is 0 Å². The summed E-state index contributed by atoms with van der Waals surface area (Å²) in [6.07, 6.45) is 0. The first kappa shape index (κ1) is 25.2. The molecule has 0 amide bonds. The molecule has 0 N–H and O–H groups in total. The Balaban J connectivity index is 1.28. The first-order chi connectivity index (χ1) is 22.3. The SMILES string of the molecule is c1ccc(-c2nc3ccc4c(c5ccccc5n4-c4cccc(-n5c(-c6ccccc6)nnc5-c5ccccc5)c4)c3o2)cc1. The second-order valence-electron chi connectivity index (χ2n) is 11.0. The first-order valence-electron chi connectivity index (χ1n) is 14.9. The highest BCUT2D eigenvalue weighted by atomic mass is 16.3. The number of hydrogen-bond acceptors (Lipinski definition) is 4. The van der Waals surface area contributed by atoms with Crippen LogP contribution >= 0.6 is 0 Å². The van der Waals surface area contributed by atoms with E-state index in [9.17, 15) is 0 Å². The second kappa shape index (κ2) is 10.2. The summed E-state index contributed by atoms with van der Waals surface area (Å²) < 4.78 is 10.9. The smallest absolute Gasteiger partial charge is 0.227 e. The Kier molecular flexibility index (Phi) is 5.71. The van der Waals surface area contributed by atoms with Gasteiger partial charge in [-0.1, -0.05) is 103 Å². The molecule has 0 aliphatic heterocycles. The van der Waals surface area contributed by atoms with Crippen LogP contribution in [0.1, 0.15) is 0 Å². The summed E-state index contributed by atoms with van der Waals surface area (Å²) in [6, 6.07) is 51.7. The summed E-state index contributed by atoms with van der Waals surface area (Å²) in [6.45, 7) is 0. The van der Waals surface area contributed by atoms with Crippen molar-refractivity contribution in [2.24, 2.45) is 0 Å². The summed E-state index contributed by atoms with van der Waals surface area (Å²) in [5.74, 6) is 2.18. The summed E-state index contributed by atoms with van der Waals surface area (Å²) in [7, 11) is 0. The van der Waals surface area contributed by atoms with Crippen molar-refractivity contribution in [3.05, 3.63) is 152 Å². The molecule has 45 heavy (non-hydrogen) atoms. The van der Waals surface area contributed by atoms with Crippen molar-refractivity contribution in [3.8, 4) is 45.6 Å². The summed E-state index contributed by atoms with van der Waals surface area (Å²) >= 11 is 0. The van der Waals surface area contributed by atoms with Gasteiger partial charge in [0.25, 0.3) is 0 Å². The predicted molar refractivity (Wildman–Crippen MR) is 180 cm³/mol. The molecule has 6 nitrogen and oxygen atoms in total. The monoisotopic (exact) mass is 579 g/mol. The van der Waals surface area contributed by atoms with E-state index in [1.54, 1.807) is 0 Å². The van der Waals surface area contributed by atoms with Crippen molar-refractivity contribution in [1.82, 2.24) is 24.3 Å². The van der Waals surface area contributed by atoms with Crippen LogP contribution in [0.2, 0.25) is 0 Å². The Bertz CT molecular complexity index is 2420. The van der Waals surface area contributed by atoms with Gasteiger partial charge in [0.05, 0.1) is 22.1 Å². The number of oxazole rings is 1. The van der Waals surface area contributed by atoms with E-state index >= 15 is 0 Å². The van der Waals surface area contributed by atoms with Gasteiger partial charge >= 0.3 is 0 Å². The van der Waals surface area contributed by atoms with Gasteiger partial charge < -0.3 is 8.98 Å². The van der Waals surface area contributed by atoms with Gasteiger partial charge in [0, 0.05) is 27.8 Å². The maximum atomic E-state index is 6.49. The molecule has 0 aliphatic carbocycles. The molecule has 0 saturated carbocycles. The predicted octanol–water partition coefficient (Wildman–Crippen LogP) is 9.51. The van der Waals surface area contributed by atoms with Crippen molar-refractivity contribution in [1.29, 1.82) is 0 Å². The largest absolute Gasteiger partial charge is 0.435 e. The molecule has 0 spiro atoms. The highest BCUT2D eigenvalue weighted by Gasteiger charge is 2.21. The lowest BCUT2D eigenvalue weighted by atomic mass is 10.1. The lowest BCUT2D eigenvalue weighted by molar-refractivity contribution is 0.623. The molecule has 3 aromatic heterocycles. The number of hydrogen-bond donors (Lipinski definition) is 0. The molecule has 212 valence electrons. The fourth-order valence-corrected chi connectivity index (χ4v) is 6.27. The van der Waals surface area contributed by atoms with Crippen LogP contribution < -0.4 is 0 Å². The Morgan fingerprint density at radius 1 is 0.467 bits per heavy atom. The Labute approximate surface area is 258 Å². The van der Waals surface area contributed by atoms with Gasteiger partial charge in [-0.25, -0.2) is 4.98 Å². The van der Waals surface area contributed by atoms with Gasteiger partial charge in [-0.3, -0.25) is 4.57 Å². The number of aromatic nitrogens is 5. The highest BCUT2D eigenvalue weighted by Crippen LogP contribution is 2.39. The second-order valence-corrected chi connectivity index (χ2v) is 11.0. The summed E-state index contributed by atoms with van der Waals surface area (Å²) in [5, 5.41) is 11.5. The molecule has 0 fully saturated rings. The maximum absolute atomic E-state index is 6.49. The topological polar surface area (TPSA) is 61.7 Å². The van der Waals surface area contributed by atoms with E-state index in [0.29, 0.717) is 5.89 Å². The molecule has 0 aliphatic rings. The Morgan fingerprint density at radius 3 is 1.71 bits per heavy atom. The van der Waals surface area contributed by atoms with Gasteiger partial charge in [0.1, 0.15) is 5.52 Å². The molecule has 0 bridgehead atoms. The average molecular weight is 580 g/mol. The maximum Gasteiger partial charge on any atom is 0.227 e. The highest BCUT2D eigenvalue weighted by molar-refractivity contribution is 6.19. The van der Waals surface area contributed by atoms with Crippen molar-refractivity contribution < 1.29 is 4.42 Å². The van der Waals surface area contributed by atoms with Gasteiger partial charge in [-0.2, -0.15) is 0 Å². The van der Waals surface area contributed by atoms with E-state index < -0.39 is 0 Å². The zero-order valence-electron chi connectivity index (χ0n) is 24.1. The van der Waals surface area contributed by atoms with Crippen LogP contribution in [0.4, 0.5) is 0 Å². The van der Waals surface area contributed by atoms with Gasteiger partial charge in [-0.15, -0.1) is 10.2 Å². The average Bonchev–Trinajstić information content (AvgIpc) is 3.83. The number of rotatable bonds is 5. The van der Waals surface area contributed by atoms with Crippen LogP contribution in [-0.4, -0.2) is 24.3 Å². The Morgan fingerprint density at radius 2 is 1.04 bits per heavy atom. The molecule has 0 atom stereocenters. The zero-order valence-corrected chi connectivity index (χ0v) is 24.1. The van der Waals surface area contributed by atoms with Gasteiger partial charge in [0.15, 0.2) is 17.2 Å². The number of nitrogens with zero attached hydrogens (tertiary/aromatic N) is 5. The van der Waals surface area contributed by atoms with Crippen LogP contribution in [0.25, 0.3) is 78.5 Å². The Hall–Kier alpha value is -6.27. The molecule has 0 radical (unpaired) electrons. The standard InChI is InChI=1S/C39H25N5O/c1-4-13-26(14-5-1)37-41-42-38(27-15-6-2-7-16-27)44(37)30-20-12-19-29(25-30)43-33-22-11-10-21-31(33)35-34(43)24-23-32-36(35)45-39(40-32)28-17-8-3-9-18-28/h1-25H. The summed E-state index contributed by atoms with van der Waals surface area (Å²) in [4.78, 5) is 4.85. The number of benzene rings is 6. The molecule has 9 rings (SSSR count). The molecule has 0 unspecified atom stereocenters. The number of fused-ring (bicyclic) bond motifs is 5. The lowest BCUT2D eigenvalue weighted by Crippen LogP contribution is -2.02. The molecule has 9 aromatic rings.